The van der Waals surface area contributed by atoms with Crippen LogP contribution in [0.15, 0.2) is 36.4 Å². The SMILES string of the molecule is Fc1ccc(NCc2cccc(Cl)c2Cl)c(F)c1. The van der Waals surface area contributed by atoms with E-state index < -0.39 is 11.6 Å². The Morgan fingerprint density at radius 1 is 1.06 bits per heavy atom. The van der Waals surface area contributed by atoms with E-state index in [1.54, 1.807) is 18.2 Å². The van der Waals surface area contributed by atoms with Gasteiger partial charge in [-0.2, -0.15) is 0 Å². The zero-order chi connectivity index (χ0) is 13.1. The first-order valence-electron chi connectivity index (χ1n) is 5.20. The van der Waals surface area contributed by atoms with Crippen molar-refractivity contribution >= 4 is 28.9 Å². The first-order valence-corrected chi connectivity index (χ1v) is 5.95. The van der Waals surface area contributed by atoms with Gasteiger partial charge >= 0.3 is 0 Å². The van der Waals surface area contributed by atoms with E-state index in [1.165, 1.54) is 12.1 Å². The number of benzene rings is 2. The van der Waals surface area contributed by atoms with Crippen molar-refractivity contribution in [3.05, 3.63) is 63.6 Å². The van der Waals surface area contributed by atoms with Crippen LogP contribution in [0, 0.1) is 11.6 Å². The Labute approximate surface area is 113 Å². The monoisotopic (exact) mass is 287 g/mol. The summed E-state index contributed by atoms with van der Waals surface area (Å²) in [6.07, 6.45) is 0. The van der Waals surface area contributed by atoms with Crippen LogP contribution in [0.3, 0.4) is 0 Å². The molecule has 0 amide bonds. The fraction of sp³-hybridized carbons (Fsp3) is 0.0769. The van der Waals surface area contributed by atoms with Crippen LogP contribution in [0.25, 0.3) is 0 Å². The van der Waals surface area contributed by atoms with Crippen LogP contribution in [0.5, 0.6) is 0 Å². The van der Waals surface area contributed by atoms with Crippen molar-refractivity contribution in [2.75, 3.05) is 5.32 Å². The van der Waals surface area contributed by atoms with Crippen LogP contribution >= 0.6 is 23.2 Å². The van der Waals surface area contributed by atoms with E-state index in [-0.39, 0.29) is 5.69 Å². The second kappa shape index (κ2) is 5.55. The van der Waals surface area contributed by atoms with Gasteiger partial charge in [0, 0.05) is 12.6 Å². The zero-order valence-corrected chi connectivity index (χ0v) is 10.7. The molecule has 2 aromatic rings. The van der Waals surface area contributed by atoms with Crippen LogP contribution < -0.4 is 5.32 Å². The van der Waals surface area contributed by atoms with E-state index in [9.17, 15) is 8.78 Å². The van der Waals surface area contributed by atoms with E-state index in [0.717, 1.165) is 11.6 Å². The third-order valence-electron chi connectivity index (χ3n) is 2.43. The number of nitrogens with one attached hydrogen (secondary N) is 1. The van der Waals surface area contributed by atoms with Gasteiger partial charge in [0.05, 0.1) is 15.7 Å². The summed E-state index contributed by atoms with van der Waals surface area (Å²) in [5, 5.41) is 3.71. The van der Waals surface area contributed by atoms with Gasteiger partial charge in [0.25, 0.3) is 0 Å². The predicted octanol–water partition coefficient (Wildman–Crippen LogP) is 4.88. The first-order chi connectivity index (χ1) is 8.58. The van der Waals surface area contributed by atoms with Gasteiger partial charge in [0.15, 0.2) is 0 Å². The third kappa shape index (κ3) is 2.92. The van der Waals surface area contributed by atoms with Gasteiger partial charge in [0.1, 0.15) is 11.6 Å². The summed E-state index contributed by atoms with van der Waals surface area (Å²) < 4.78 is 26.1. The molecule has 0 atom stereocenters. The molecule has 1 nitrogen and oxygen atoms in total. The lowest BCUT2D eigenvalue weighted by Gasteiger charge is -2.09. The molecule has 2 aromatic carbocycles. The fourth-order valence-corrected chi connectivity index (χ4v) is 1.90. The summed E-state index contributed by atoms with van der Waals surface area (Å²) in [6.45, 7) is 0.307. The van der Waals surface area contributed by atoms with Crippen LogP contribution in [-0.4, -0.2) is 0 Å². The Morgan fingerprint density at radius 3 is 2.56 bits per heavy atom. The second-order valence-electron chi connectivity index (χ2n) is 3.69. The molecule has 0 unspecified atom stereocenters. The lowest BCUT2D eigenvalue weighted by atomic mass is 10.2. The Kier molecular flexibility index (Phi) is 4.04. The van der Waals surface area contributed by atoms with Crippen LogP contribution in [0.2, 0.25) is 10.0 Å². The van der Waals surface area contributed by atoms with Crippen molar-refractivity contribution in [3.63, 3.8) is 0 Å². The first kappa shape index (κ1) is 13.1. The third-order valence-corrected chi connectivity index (χ3v) is 3.29. The molecule has 0 aromatic heterocycles. The highest BCUT2D eigenvalue weighted by atomic mass is 35.5. The summed E-state index contributed by atoms with van der Waals surface area (Å²) in [4.78, 5) is 0. The standard InChI is InChI=1S/C13H9Cl2F2N/c14-10-3-1-2-8(13(10)15)7-18-12-5-4-9(16)6-11(12)17/h1-6,18H,7H2. The smallest absolute Gasteiger partial charge is 0.149 e. The van der Waals surface area contributed by atoms with E-state index >= 15 is 0 Å². The maximum atomic E-state index is 13.4. The van der Waals surface area contributed by atoms with Crippen molar-refractivity contribution in [1.29, 1.82) is 0 Å². The number of hydrogen-bond acceptors (Lipinski definition) is 1. The molecule has 94 valence electrons. The highest BCUT2D eigenvalue weighted by molar-refractivity contribution is 6.42. The zero-order valence-electron chi connectivity index (χ0n) is 9.18. The van der Waals surface area contributed by atoms with Crippen molar-refractivity contribution in [2.24, 2.45) is 0 Å². The number of anilines is 1. The van der Waals surface area contributed by atoms with Crippen LogP contribution in [0.1, 0.15) is 5.56 Å². The maximum Gasteiger partial charge on any atom is 0.149 e. The molecule has 0 fully saturated rings. The molecule has 0 heterocycles. The minimum absolute atomic E-state index is 0.215. The molecule has 5 heteroatoms. The van der Waals surface area contributed by atoms with Gasteiger partial charge in [-0.15, -0.1) is 0 Å². The van der Waals surface area contributed by atoms with Crippen molar-refractivity contribution in [1.82, 2.24) is 0 Å². The molecule has 0 spiro atoms. The Morgan fingerprint density at radius 2 is 1.83 bits per heavy atom. The van der Waals surface area contributed by atoms with Crippen molar-refractivity contribution in [3.8, 4) is 0 Å². The van der Waals surface area contributed by atoms with Gasteiger partial charge in [-0.3, -0.25) is 0 Å². The van der Waals surface area contributed by atoms with Gasteiger partial charge in [0.2, 0.25) is 0 Å². The van der Waals surface area contributed by atoms with E-state index in [4.69, 9.17) is 23.2 Å². The molecule has 0 radical (unpaired) electrons. The minimum atomic E-state index is -0.645. The highest BCUT2D eigenvalue weighted by Gasteiger charge is 2.06. The quantitative estimate of drug-likeness (QED) is 0.848. The molecule has 0 aliphatic carbocycles. The summed E-state index contributed by atoms with van der Waals surface area (Å²) in [6, 6.07) is 8.55. The summed E-state index contributed by atoms with van der Waals surface area (Å²) in [5.74, 6) is -1.26. The number of rotatable bonds is 3. The van der Waals surface area contributed by atoms with Crippen molar-refractivity contribution < 1.29 is 8.78 Å². The second-order valence-corrected chi connectivity index (χ2v) is 4.48. The van der Waals surface area contributed by atoms with E-state index in [2.05, 4.69) is 5.32 Å². The average molecular weight is 288 g/mol. The number of halogens is 4. The molecule has 1 N–H and O–H groups in total. The topological polar surface area (TPSA) is 12.0 Å². The van der Waals surface area contributed by atoms with Crippen LogP contribution in [-0.2, 0) is 6.54 Å². The molecule has 0 saturated heterocycles. The van der Waals surface area contributed by atoms with Crippen molar-refractivity contribution in [2.45, 2.75) is 6.54 Å². The normalized spacial score (nSPS) is 10.4. The fourth-order valence-electron chi connectivity index (χ4n) is 1.51. The predicted molar refractivity (Wildman–Crippen MR) is 70.1 cm³/mol. The molecule has 0 aliphatic rings. The molecule has 18 heavy (non-hydrogen) atoms. The summed E-state index contributed by atoms with van der Waals surface area (Å²) in [5.41, 5.74) is 0.959. The molecule has 0 bridgehead atoms. The molecule has 0 aliphatic heterocycles. The molecule has 0 saturated carbocycles. The largest absolute Gasteiger partial charge is 0.379 e. The lowest BCUT2D eigenvalue weighted by molar-refractivity contribution is 0.585. The Balaban J connectivity index is 2.14. The summed E-state index contributed by atoms with van der Waals surface area (Å²) >= 11 is 11.9. The lowest BCUT2D eigenvalue weighted by Crippen LogP contribution is -2.02. The van der Waals surface area contributed by atoms with Gasteiger partial charge < -0.3 is 5.32 Å². The highest BCUT2D eigenvalue weighted by Crippen LogP contribution is 2.26. The van der Waals surface area contributed by atoms with Gasteiger partial charge in [-0.1, -0.05) is 35.3 Å². The molecular weight excluding hydrogens is 279 g/mol. The van der Waals surface area contributed by atoms with Crippen LogP contribution in [0.4, 0.5) is 14.5 Å². The number of hydrogen-bond donors (Lipinski definition) is 1. The molecule has 2 rings (SSSR count). The van der Waals surface area contributed by atoms with E-state index in [0.29, 0.717) is 16.6 Å². The summed E-state index contributed by atoms with van der Waals surface area (Å²) in [7, 11) is 0. The Bertz CT molecular complexity index is 573. The average Bonchev–Trinajstić information content (AvgIpc) is 2.33. The minimum Gasteiger partial charge on any atom is -0.379 e. The van der Waals surface area contributed by atoms with Gasteiger partial charge in [-0.25, -0.2) is 8.78 Å². The maximum absolute atomic E-state index is 13.4. The Hall–Kier alpha value is -1.32. The van der Waals surface area contributed by atoms with Gasteiger partial charge in [-0.05, 0) is 23.8 Å². The molecular formula is C13H9Cl2F2N. The van der Waals surface area contributed by atoms with E-state index in [1.807, 2.05) is 0 Å².